The van der Waals surface area contributed by atoms with E-state index < -0.39 is 18.5 Å². The number of aryl methyl sites for hydroxylation is 1. The molecule has 8 heteroatoms. The van der Waals surface area contributed by atoms with Crippen molar-refractivity contribution in [1.29, 1.82) is 0 Å². The lowest BCUT2D eigenvalue weighted by molar-refractivity contribution is -0.137. The molecule has 2 aromatic heterocycles. The van der Waals surface area contributed by atoms with Crippen molar-refractivity contribution in [1.82, 2.24) is 19.6 Å². The molecule has 0 aliphatic heterocycles. The zero-order valence-corrected chi connectivity index (χ0v) is 15.7. The van der Waals surface area contributed by atoms with Crippen LogP contribution in [0, 0.1) is 6.92 Å². The van der Waals surface area contributed by atoms with Gasteiger partial charge >= 0.3 is 5.97 Å². The van der Waals surface area contributed by atoms with Gasteiger partial charge in [-0.3, -0.25) is 9.59 Å². The second-order valence-electron chi connectivity index (χ2n) is 7.15. The quantitative estimate of drug-likeness (QED) is 0.808. The predicted octanol–water partition coefficient (Wildman–Crippen LogP) is 1.17. The minimum atomic E-state index is -0.686. The summed E-state index contributed by atoms with van der Waals surface area (Å²) in [5, 5.41) is 2.76. The van der Waals surface area contributed by atoms with Gasteiger partial charge < -0.3 is 19.4 Å². The third-order valence-corrected chi connectivity index (χ3v) is 3.55. The lowest BCUT2D eigenvalue weighted by Crippen LogP contribution is -2.46. The van der Waals surface area contributed by atoms with Crippen LogP contribution in [0.2, 0.25) is 0 Å². The first-order valence-corrected chi connectivity index (χ1v) is 8.23. The Labute approximate surface area is 152 Å². The van der Waals surface area contributed by atoms with Gasteiger partial charge in [-0.2, -0.15) is 0 Å². The molecule has 0 aliphatic rings. The minimum absolute atomic E-state index is 0.110. The van der Waals surface area contributed by atoms with E-state index in [0.29, 0.717) is 5.65 Å². The lowest BCUT2D eigenvalue weighted by Gasteiger charge is -2.23. The molecule has 0 saturated heterocycles. The summed E-state index contributed by atoms with van der Waals surface area (Å²) in [5.74, 6) is -1.44. The van der Waals surface area contributed by atoms with Gasteiger partial charge in [0.25, 0.3) is 5.91 Å². The fourth-order valence-electron chi connectivity index (χ4n) is 2.32. The van der Waals surface area contributed by atoms with Crippen molar-refractivity contribution in [3.8, 4) is 0 Å². The Morgan fingerprint density at radius 2 is 1.96 bits per heavy atom. The summed E-state index contributed by atoms with van der Waals surface area (Å²) < 4.78 is 6.79. The van der Waals surface area contributed by atoms with E-state index in [-0.39, 0.29) is 23.7 Å². The average Bonchev–Trinajstić information content (AvgIpc) is 2.96. The summed E-state index contributed by atoms with van der Waals surface area (Å²) in [6.07, 6.45) is 1.57. The van der Waals surface area contributed by atoms with Crippen LogP contribution in [0.5, 0.6) is 0 Å². The molecule has 140 valence electrons. The third-order valence-electron chi connectivity index (χ3n) is 3.55. The first-order chi connectivity index (χ1) is 12.1. The molecule has 2 rings (SSSR count). The highest BCUT2D eigenvalue weighted by atomic mass is 16.5. The SMILES string of the molecule is Cc1cccc2nc(C(=O)OCC(=O)N(C)CC(=O)NC(C)(C)C)cn12. The Hall–Kier alpha value is -2.90. The number of amides is 2. The molecule has 0 saturated carbocycles. The van der Waals surface area contributed by atoms with Crippen molar-refractivity contribution in [3.05, 3.63) is 35.8 Å². The summed E-state index contributed by atoms with van der Waals surface area (Å²) >= 11 is 0. The highest BCUT2D eigenvalue weighted by Crippen LogP contribution is 2.09. The molecule has 8 nitrogen and oxygen atoms in total. The van der Waals surface area contributed by atoms with Gasteiger partial charge in [0.05, 0.1) is 6.54 Å². The molecular formula is C18H24N4O4. The first kappa shape index (κ1) is 19.4. The van der Waals surface area contributed by atoms with Gasteiger partial charge in [-0.05, 0) is 39.8 Å². The highest BCUT2D eigenvalue weighted by molar-refractivity contribution is 5.91. The van der Waals surface area contributed by atoms with Crippen molar-refractivity contribution >= 4 is 23.4 Å². The van der Waals surface area contributed by atoms with Crippen molar-refractivity contribution in [3.63, 3.8) is 0 Å². The summed E-state index contributed by atoms with van der Waals surface area (Å²) in [5.41, 5.74) is 1.29. The van der Waals surface area contributed by atoms with Gasteiger partial charge in [-0.25, -0.2) is 9.78 Å². The number of nitrogens with zero attached hydrogens (tertiary/aromatic N) is 3. The van der Waals surface area contributed by atoms with Gasteiger partial charge in [0.1, 0.15) is 5.65 Å². The van der Waals surface area contributed by atoms with Crippen molar-refractivity contribution < 1.29 is 19.1 Å². The zero-order valence-electron chi connectivity index (χ0n) is 15.7. The number of rotatable bonds is 5. The normalized spacial score (nSPS) is 11.3. The molecule has 0 aliphatic carbocycles. The Balaban J connectivity index is 1.90. The van der Waals surface area contributed by atoms with Crippen LogP contribution in [-0.4, -0.2) is 57.8 Å². The smallest absolute Gasteiger partial charge is 0.359 e. The van der Waals surface area contributed by atoms with Gasteiger partial charge in [0, 0.05) is 24.5 Å². The minimum Gasteiger partial charge on any atom is -0.451 e. The second-order valence-corrected chi connectivity index (χ2v) is 7.15. The van der Waals surface area contributed by atoms with E-state index in [9.17, 15) is 14.4 Å². The topological polar surface area (TPSA) is 93.0 Å². The standard InChI is InChI=1S/C18H24N4O4/c1-12-7-6-8-14-19-13(9-22(12)14)17(25)26-11-16(24)21(5)10-15(23)20-18(2,3)4/h6-9H,10-11H2,1-5H3,(H,20,23). The number of hydrogen-bond donors (Lipinski definition) is 1. The van der Waals surface area contributed by atoms with Crippen LogP contribution in [0.25, 0.3) is 5.65 Å². The fourth-order valence-corrected chi connectivity index (χ4v) is 2.32. The summed E-state index contributed by atoms with van der Waals surface area (Å²) in [7, 11) is 1.48. The number of imidazole rings is 1. The number of aromatic nitrogens is 2. The average molecular weight is 360 g/mol. The molecule has 0 bridgehead atoms. The largest absolute Gasteiger partial charge is 0.451 e. The lowest BCUT2D eigenvalue weighted by atomic mass is 10.1. The van der Waals surface area contributed by atoms with E-state index in [4.69, 9.17) is 4.74 Å². The predicted molar refractivity (Wildman–Crippen MR) is 95.7 cm³/mol. The third kappa shape index (κ3) is 5.05. The summed E-state index contributed by atoms with van der Waals surface area (Å²) in [4.78, 5) is 41.4. The number of hydrogen-bond acceptors (Lipinski definition) is 5. The van der Waals surface area contributed by atoms with Crippen molar-refractivity contribution in [2.75, 3.05) is 20.2 Å². The monoisotopic (exact) mass is 360 g/mol. The van der Waals surface area contributed by atoms with E-state index in [2.05, 4.69) is 10.3 Å². The van der Waals surface area contributed by atoms with Crippen LogP contribution in [0.15, 0.2) is 24.4 Å². The summed E-state index contributed by atoms with van der Waals surface area (Å²) in [6.45, 7) is 6.89. The number of ether oxygens (including phenoxy) is 1. The maximum atomic E-state index is 12.1. The number of esters is 1. The Kier molecular flexibility index (Phi) is 5.64. The number of pyridine rings is 1. The van der Waals surface area contributed by atoms with E-state index >= 15 is 0 Å². The molecule has 0 fully saturated rings. The van der Waals surface area contributed by atoms with E-state index in [1.807, 2.05) is 39.8 Å². The number of nitrogens with one attached hydrogen (secondary N) is 1. The molecule has 0 radical (unpaired) electrons. The second kappa shape index (κ2) is 7.55. The van der Waals surface area contributed by atoms with Crippen LogP contribution in [0.3, 0.4) is 0 Å². The van der Waals surface area contributed by atoms with Gasteiger partial charge in [0.15, 0.2) is 12.3 Å². The zero-order chi connectivity index (χ0) is 19.5. The molecule has 26 heavy (non-hydrogen) atoms. The highest BCUT2D eigenvalue weighted by Gasteiger charge is 2.20. The maximum absolute atomic E-state index is 12.1. The number of carbonyl (C=O) groups is 3. The molecule has 2 aromatic rings. The number of likely N-dealkylation sites (N-methyl/N-ethyl adjacent to an activating group) is 1. The van der Waals surface area contributed by atoms with Gasteiger partial charge in [-0.15, -0.1) is 0 Å². The molecule has 1 N–H and O–H groups in total. The molecule has 0 atom stereocenters. The first-order valence-electron chi connectivity index (χ1n) is 8.23. The molecule has 2 amide bonds. The van der Waals surface area contributed by atoms with Crippen molar-refractivity contribution in [2.45, 2.75) is 33.2 Å². The van der Waals surface area contributed by atoms with Gasteiger partial charge in [-0.1, -0.05) is 6.07 Å². The van der Waals surface area contributed by atoms with Crippen LogP contribution in [0.4, 0.5) is 0 Å². The fraction of sp³-hybridized carbons (Fsp3) is 0.444. The summed E-state index contributed by atoms with van der Waals surface area (Å²) in [6, 6.07) is 5.51. The van der Waals surface area contributed by atoms with E-state index in [1.54, 1.807) is 16.7 Å². The van der Waals surface area contributed by atoms with Crippen LogP contribution >= 0.6 is 0 Å². The molecule has 0 spiro atoms. The Bertz CT molecular complexity index is 835. The van der Waals surface area contributed by atoms with Gasteiger partial charge in [0.2, 0.25) is 5.91 Å². The molecule has 2 heterocycles. The Morgan fingerprint density at radius 1 is 1.27 bits per heavy atom. The van der Waals surface area contributed by atoms with E-state index in [0.717, 1.165) is 5.69 Å². The number of fused-ring (bicyclic) bond motifs is 1. The van der Waals surface area contributed by atoms with E-state index in [1.165, 1.54) is 11.9 Å². The van der Waals surface area contributed by atoms with Crippen LogP contribution in [0.1, 0.15) is 37.0 Å². The molecule has 0 unspecified atom stereocenters. The Morgan fingerprint density at radius 3 is 2.58 bits per heavy atom. The molecule has 0 aromatic carbocycles. The maximum Gasteiger partial charge on any atom is 0.359 e. The number of carbonyl (C=O) groups excluding carboxylic acids is 3. The van der Waals surface area contributed by atoms with Crippen molar-refractivity contribution in [2.24, 2.45) is 0 Å². The van der Waals surface area contributed by atoms with Crippen LogP contribution < -0.4 is 5.32 Å². The molecular weight excluding hydrogens is 336 g/mol. The van der Waals surface area contributed by atoms with Crippen LogP contribution in [-0.2, 0) is 14.3 Å².